The molecule has 0 spiro atoms. The summed E-state index contributed by atoms with van der Waals surface area (Å²) >= 11 is 0. The van der Waals surface area contributed by atoms with Crippen LogP contribution in [0.3, 0.4) is 0 Å². The molecule has 2 bridgehead atoms. The van der Waals surface area contributed by atoms with Gasteiger partial charge in [0.2, 0.25) is 11.8 Å². The number of urea groups is 1. The van der Waals surface area contributed by atoms with Crippen LogP contribution in [0.2, 0.25) is 0 Å². The van der Waals surface area contributed by atoms with Crippen molar-refractivity contribution in [2.24, 2.45) is 11.8 Å². The molecule has 1 saturated carbocycles. The van der Waals surface area contributed by atoms with Crippen LogP contribution < -0.4 is 5.32 Å². The molecule has 25 heavy (non-hydrogen) atoms. The molecule has 2 N–H and O–H groups in total. The number of fused-ring (bicyclic) bond motifs is 3. The van der Waals surface area contributed by atoms with Crippen LogP contribution in [0.1, 0.15) is 36.6 Å². The number of hydrogen-bond acceptors (Lipinski definition) is 8. The molecular formula is C13H17N5O6S. The minimum Gasteiger partial charge on any atom is -0.423 e. The molecular weight excluding hydrogens is 354 g/mol. The molecule has 2 amide bonds. The number of hydroxylamine groups is 2. The third-order valence-corrected chi connectivity index (χ3v) is 5.96. The van der Waals surface area contributed by atoms with Crippen LogP contribution in [0.15, 0.2) is 4.42 Å². The SMILES string of the molecule is O=C1N2C[C@H](CC[C@H]2c2nnc([C@H]3[C@@H]4CNC[C@@H]43)o2)N1OS(=O)(=O)O. The molecule has 1 aromatic heterocycles. The molecule has 136 valence electrons. The Morgan fingerprint density at radius 3 is 2.64 bits per heavy atom. The maximum Gasteiger partial charge on any atom is 0.418 e. The molecule has 11 nitrogen and oxygen atoms in total. The van der Waals surface area contributed by atoms with E-state index in [1.54, 1.807) is 0 Å². The Balaban J connectivity index is 1.34. The average molecular weight is 371 g/mol. The number of nitrogens with one attached hydrogen (secondary N) is 1. The predicted molar refractivity (Wildman–Crippen MR) is 79.2 cm³/mol. The molecule has 4 heterocycles. The van der Waals surface area contributed by atoms with Crippen LogP contribution in [0.4, 0.5) is 4.79 Å². The largest absolute Gasteiger partial charge is 0.423 e. The van der Waals surface area contributed by atoms with Gasteiger partial charge in [0.25, 0.3) is 0 Å². The molecule has 1 aliphatic carbocycles. The van der Waals surface area contributed by atoms with E-state index in [1.807, 2.05) is 0 Å². The molecule has 0 unspecified atom stereocenters. The minimum atomic E-state index is -4.75. The van der Waals surface area contributed by atoms with E-state index in [1.165, 1.54) is 4.90 Å². The quantitative estimate of drug-likeness (QED) is 0.682. The van der Waals surface area contributed by atoms with Gasteiger partial charge in [0.05, 0.1) is 6.04 Å². The Bertz CT molecular complexity index is 817. The van der Waals surface area contributed by atoms with E-state index in [0.29, 0.717) is 47.4 Å². The van der Waals surface area contributed by atoms with Gasteiger partial charge in [-0.25, -0.2) is 4.79 Å². The monoisotopic (exact) mass is 371 g/mol. The Labute approximate surface area is 143 Å². The lowest BCUT2D eigenvalue weighted by atomic mass is 10.0. The van der Waals surface area contributed by atoms with Gasteiger partial charge >= 0.3 is 16.4 Å². The lowest BCUT2D eigenvalue weighted by molar-refractivity contribution is -0.0317. The molecule has 3 aliphatic heterocycles. The molecule has 0 radical (unpaired) electrons. The van der Waals surface area contributed by atoms with Gasteiger partial charge in [-0.15, -0.1) is 14.5 Å². The van der Waals surface area contributed by atoms with E-state index in [2.05, 4.69) is 19.8 Å². The van der Waals surface area contributed by atoms with Gasteiger partial charge in [0, 0.05) is 12.5 Å². The zero-order valence-corrected chi connectivity index (χ0v) is 13.9. The van der Waals surface area contributed by atoms with E-state index < -0.39 is 28.5 Å². The smallest absolute Gasteiger partial charge is 0.418 e. The number of amides is 2. The average Bonchev–Trinajstić information content (AvgIpc) is 2.97. The second kappa shape index (κ2) is 5.13. The van der Waals surface area contributed by atoms with Gasteiger partial charge in [0.1, 0.15) is 6.04 Å². The number of piperidine rings is 2. The van der Waals surface area contributed by atoms with Gasteiger partial charge in [-0.3, -0.25) is 4.55 Å². The first-order valence-electron chi connectivity index (χ1n) is 8.23. The number of hydrogen-bond donors (Lipinski definition) is 2. The fourth-order valence-electron chi connectivity index (χ4n) is 4.39. The first-order chi connectivity index (χ1) is 11.9. The summed E-state index contributed by atoms with van der Waals surface area (Å²) in [4.78, 5) is 13.9. The van der Waals surface area contributed by atoms with Crippen LogP contribution in [0.5, 0.6) is 0 Å². The molecule has 4 aliphatic rings. The summed E-state index contributed by atoms with van der Waals surface area (Å²) in [6.07, 6.45) is 1.07. The highest BCUT2D eigenvalue weighted by atomic mass is 32.3. The van der Waals surface area contributed by atoms with Crippen molar-refractivity contribution in [1.82, 2.24) is 25.5 Å². The Morgan fingerprint density at radius 1 is 1.20 bits per heavy atom. The number of carbonyl (C=O) groups is 1. The normalized spacial score (nSPS) is 36.8. The third kappa shape index (κ3) is 2.43. The summed E-state index contributed by atoms with van der Waals surface area (Å²) in [5.41, 5.74) is 0. The molecule has 1 aromatic rings. The number of aromatic nitrogens is 2. The van der Waals surface area contributed by atoms with Crippen LogP contribution in [0.25, 0.3) is 0 Å². The fraction of sp³-hybridized carbons (Fsp3) is 0.769. The molecule has 3 saturated heterocycles. The van der Waals surface area contributed by atoms with E-state index in [0.717, 1.165) is 13.1 Å². The summed E-state index contributed by atoms with van der Waals surface area (Å²) in [5, 5.41) is 12.3. The van der Waals surface area contributed by atoms with E-state index >= 15 is 0 Å². The zero-order valence-electron chi connectivity index (χ0n) is 13.1. The molecule has 5 atom stereocenters. The van der Waals surface area contributed by atoms with Crippen molar-refractivity contribution < 1.29 is 26.5 Å². The highest BCUT2D eigenvalue weighted by Crippen LogP contribution is 2.55. The summed E-state index contributed by atoms with van der Waals surface area (Å²) in [7, 11) is -4.75. The molecule has 0 aromatic carbocycles. The van der Waals surface area contributed by atoms with Gasteiger partial charge in [-0.2, -0.15) is 13.5 Å². The van der Waals surface area contributed by atoms with Crippen LogP contribution >= 0.6 is 0 Å². The maximum absolute atomic E-state index is 12.4. The van der Waals surface area contributed by atoms with Crippen molar-refractivity contribution in [3.63, 3.8) is 0 Å². The van der Waals surface area contributed by atoms with Crippen molar-refractivity contribution in [2.75, 3.05) is 19.6 Å². The van der Waals surface area contributed by atoms with Gasteiger partial charge in [-0.1, -0.05) is 0 Å². The predicted octanol–water partition coefficient (Wildman–Crippen LogP) is -0.322. The van der Waals surface area contributed by atoms with Crippen LogP contribution in [0, 0.1) is 11.8 Å². The number of carbonyl (C=O) groups excluding carboxylic acids is 1. The van der Waals surface area contributed by atoms with Crippen molar-refractivity contribution >= 4 is 16.4 Å². The zero-order chi connectivity index (χ0) is 17.3. The van der Waals surface area contributed by atoms with Gasteiger partial charge in [-0.05, 0) is 37.8 Å². The van der Waals surface area contributed by atoms with Crippen molar-refractivity contribution in [3.05, 3.63) is 11.8 Å². The van der Waals surface area contributed by atoms with Crippen LogP contribution in [-0.4, -0.2) is 64.8 Å². The summed E-state index contributed by atoms with van der Waals surface area (Å²) in [5.74, 6) is 2.39. The lowest BCUT2D eigenvalue weighted by Gasteiger charge is -2.27. The third-order valence-electron chi connectivity index (χ3n) is 5.62. The molecule has 4 fully saturated rings. The topological polar surface area (TPSA) is 138 Å². The highest BCUT2D eigenvalue weighted by Gasteiger charge is 2.57. The second-order valence-corrected chi connectivity index (χ2v) is 8.00. The van der Waals surface area contributed by atoms with E-state index in [4.69, 9.17) is 8.97 Å². The van der Waals surface area contributed by atoms with E-state index in [-0.39, 0.29) is 6.54 Å². The summed E-state index contributed by atoms with van der Waals surface area (Å²) < 4.78 is 41.0. The van der Waals surface area contributed by atoms with Gasteiger partial charge < -0.3 is 14.6 Å². The maximum atomic E-state index is 12.4. The minimum absolute atomic E-state index is 0.287. The van der Waals surface area contributed by atoms with Crippen molar-refractivity contribution in [2.45, 2.75) is 30.8 Å². The lowest BCUT2D eigenvalue weighted by Crippen LogP contribution is -2.35. The number of rotatable bonds is 4. The first kappa shape index (κ1) is 15.5. The summed E-state index contributed by atoms with van der Waals surface area (Å²) in [6, 6.07) is -1.46. The molecule has 5 rings (SSSR count). The van der Waals surface area contributed by atoms with Crippen LogP contribution in [-0.2, 0) is 14.7 Å². The Kier molecular flexibility index (Phi) is 3.18. The van der Waals surface area contributed by atoms with Gasteiger partial charge in [0.15, 0.2) is 0 Å². The Morgan fingerprint density at radius 2 is 1.92 bits per heavy atom. The molecule has 12 heteroatoms. The van der Waals surface area contributed by atoms with Crippen molar-refractivity contribution in [3.8, 4) is 0 Å². The Hall–Kier alpha value is -1.76. The standard InChI is InChI=1S/C13H17N5O6S/c19-13-17-5-6(18(13)24-25(20,21)22)1-2-9(17)11-15-16-12(23-11)10-7-3-14-4-8(7)10/h6-10,14H,1-5H2,(H,20,21,22)/t6-,7-,8+,9-,10+/m0/s1. The fourth-order valence-corrected chi connectivity index (χ4v) is 4.78. The first-order valence-corrected chi connectivity index (χ1v) is 9.60. The van der Waals surface area contributed by atoms with Crippen molar-refractivity contribution in [1.29, 1.82) is 0 Å². The van der Waals surface area contributed by atoms with E-state index in [9.17, 15) is 13.2 Å². The highest BCUT2D eigenvalue weighted by molar-refractivity contribution is 7.80. The summed E-state index contributed by atoms with van der Waals surface area (Å²) in [6.45, 7) is 2.21. The number of nitrogens with zero attached hydrogens (tertiary/aromatic N) is 4. The second-order valence-electron chi connectivity index (χ2n) is 7.00.